The minimum Gasteiger partial charge on any atom is -0.361 e. The summed E-state index contributed by atoms with van der Waals surface area (Å²) in [6.07, 6.45) is 8.09. The largest absolute Gasteiger partial charge is 0.361 e. The Balaban J connectivity index is 1.96. The molecular weight excluding hydrogens is 272 g/mol. The van der Waals surface area contributed by atoms with Crippen molar-refractivity contribution in [3.63, 3.8) is 0 Å². The molecule has 2 aromatic rings. The van der Waals surface area contributed by atoms with Crippen molar-refractivity contribution >= 4 is 28.5 Å². The molecule has 0 amide bonds. The molecule has 0 radical (unpaired) electrons. The highest BCUT2D eigenvalue weighted by atomic mass is 35.5. The first-order chi connectivity index (χ1) is 9.74. The molecule has 0 saturated heterocycles. The maximum Gasteiger partial charge on any atom is 0.191 e. The molecule has 1 aromatic carbocycles. The summed E-state index contributed by atoms with van der Waals surface area (Å²) in [6, 6.07) is 5.85. The van der Waals surface area contributed by atoms with Crippen LogP contribution in [0.15, 0.2) is 29.4 Å². The van der Waals surface area contributed by atoms with E-state index in [9.17, 15) is 0 Å². The van der Waals surface area contributed by atoms with Crippen LogP contribution in [0.1, 0.15) is 5.56 Å². The van der Waals surface area contributed by atoms with Gasteiger partial charge in [0, 0.05) is 35.7 Å². The molecule has 0 saturated carbocycles. The molecule has 4 nitrogen and oxygen atoms in total. The Labute approximate surface area is 123 Å². The summed E-state index contributed by atoms with van der Waals surface area (Å²) in [4.78, 5) is 7.33. The van der Waals surface area contributed by atoms with Gasteiger partial charge in [-0.2, -0.15) is 0 Å². The Bertz CT molecular complexity index is 651. The Morgan fingerprint density at radius 2 is 2.30 bits per heavy atom. The number of H-pyrrole nitrogens is 1. The topological polar surface area (TPSA) is 52.2 Å². The first-order valence-corrected chi connectivity index (χ1v) is 6.76. The van der Waals surface area contributed by atoms with Crippen LogP contribution in [0.5, 0.6) is 0 Å². The number of fused-ring (bicyclic) bond motifs is 1. The minimum absolute atomic E-state index is 0.461. The van der Waals surface area contributed by atoms with Crippen LogP contribution in [0.25, 0.3) is 10.9 Å². The van der Waals surface area contributed by atoms with Crippen LogP contribution in [-0.2, 0) is 6.42 Å². The van der Waals surface area contributed by atoms with Crippen molar-refractivity contribution in [1.29, 1.82) is 0 Å². The van der Waals surface area contributed by atoms with E-state index in [1.165, 1.54) is 5.56 Å². The molecule has 5 heteroatoms. The van der Waals surface area contributed by atoms with Crippen molar-refractivity contribution in [2.24, 2.45) is 4.99 Å². The van der Waals surface area contributed by atoms with E-state index in [-0.39, 0.29) is 0 Å². The number of hydrogen-bond acceptors (Lipinski definition) is 1. The van der Waals surface area contributed by atoms with Gasteiger partial charge >= 0.3 is 0 Å². The van der Waals surface area contributed by atoms with E-state index < -0.39 is 0 Å². The predicted molar refractivity (Wildman–Crippen MR) is 85.2 cm³/mol. The van der Waals surface area contributed by atoms with Gasteiger partial charge in [-0.3, -0.25) is 4.99 Å². The number of halogens is 1. The maximum absolute atomic E-state index is 6.03. The van der Waals surface area contributed by atoms with Gasteiger partial charge in [-0.05, 0) is 30.2 Å². The predicted octanol–water partition coefficient (Wildman–Crippen LogP) is 2.16. The van der Waals surface area contributed by atoms with Gasteiger partial charge in [0.2, 0.25) is 0 Å². The zero-order valence-corrected chi connectivity index (χ0v) is 12.1. The summed E-state index contributed by atoms with van der Waals surface area (Å²) in [5.41, 5.74) is 2.32. The summed E-state index contributed by atoms with van der Waals surface area (Å²) in [7, 11) is 1.72. The molecule has 0 aliphatic heterocycles. The fraction of sp³-hybridized carbons (Fsp3) is 0.267. The number of guanidine groups is 1. The Morgan fingerprint density at radius 1 is 1.45 bits per heavy atom. The SMILES string of the molecule is C#CCNC(=NC)NCCc1c[nH]c2ccc(Cl)cc12. The fourth-order valence-electron chi connectivity index (χ4n) is 2.03. The molecule has 0 atom stereocenters. The van der Waals surface area contributed by atoms with Gasteiger partial charge < -0.3 is 15.6 Å². The summed E-state index contributed by atoms with van der Waals surface area (Å²) >= 11 is 6.03. The van der Waals surface area contributed by atoms with Gasteiger partial charge in [-0.25, -0.2) is 0 Å². The van der Waals surface area contributed by atoms with Gasteiger partial charge in [0.25, 0.3) is 0 Å². The number of benzene rings is 1. The standard InChI is InChI=1S/C15H17ClN4/c1-3-7-18-15(17-2)19-8-6-11-10-20-14-5-4-12(16)9-13(11)14/h1,4-5,9-10,20H,6-8H2,2H3,(H2,17,18,19). The first kappa shape index (κ1) is 14.3. The molecule has 1 heterocycles. The van der Waals surface area contributed by atoms with Crippen molar-refractivity contribution in [2.45, 2.75) is 6.42 Å². The summed E-state index contributed by atoms with van der Waals surface area (Å²) in [6.45, 7) is 1.23. The lowest BCUT2D eigenvalue weighted by Crippen LogP contribution is -2.38. The Morgan fingerprint density at radius 3 is 3.05 bits per heavy atom. The quantitative estimate of drug-likeness (QED) is 0.459. The number of aromatic nitrogens is 1. The average molecular weight is 289 g/mol. The van der Waals surface area contributed by atoms with Crippen LogP contribution in [0.2, 0.25) is 5.02 Å². The lowest BCUT2D eigenvalue weighted by molar-refractivity contribution is 0.827. The van der Waals surface area contributed by atoms with Gasteiger partial charge in [0.15, 0.2) is 5.96 Å². The molecule has 0 aliphatic carbocycles. The number of rotatable bonds is 4. The van der Waals surface area contributed by atoms with Crippen LogP contribution in [0.3, 0.4) is 0 Å². The number of aliphatic imine (C=N–C) groups is 1. The van der Waals surface area contributed by atoms with Crippen LogP contribution in [-0.4, -0.2) is 31.1 Å². The van der Waals surface area contributed by atoms with E-state index in [1.54, 1.807) is 7.05 Å². The molecule has 0 aliphatic rings. The summed E-state index contributed by atoms with van der Waals surface area (Å²) in [5, 5.41) is 8.14. The highest BCUT2D eigenvalue weighted by molar-refractivity contribution is 6.31. The average Bonchev–Trinajstić information content (AvgIpc) is 2.85. The van der Waals surface area contributed by atoms with Crippen molar-refractivity contribution in [3.8, 4) is 12.3 Å². The number of aromatic amines is 1. The molecule has 0 spiro atoms. The van der Waals surface area contributed by atoms with Crippen LogP contribution in [0, 0.1) is 12.3 Å². The third-order valence-electron chi connectivity index (χ3n) is 3.00. The smallest absolute Gasteiger partial charge is 0.191 e. The molecule has 3 N–H and O–H groups in total. The normalized spacial score (nSPS) is 11.3. The highest BCUT2D eigenvalue weighted by Gasteiger charge is 2.04. The maximum atomic E-state index is 6.03. The third-order valence-corrected chi connectivity index (χ3v) is 3.23. The molecule has 2 rings (SSSR count). The fourth-order valence-corrected chi connectivity index (χ4v) is 2.20. The van der Waals surface area contributed by atoms with Crippen molar-refractivity contribution in [2.75, 3.05) is 20.1 Å². The highest BCUT2D eigenvalue weighted by Crippen LogP contribution is 2.22. The van der Waals surface area contributed by atoms with Crippen LogP contribution in [0.4, 0.5) is 0 Å². The molecule has 20 heavy (non-hydrogen) atoms. The van der Waals surface area contributed by atoms with E-state index in [2.05, 4.69) is 26.5 Å². The molecule has 0 fully saturated rings. The number of terminal acetylenes is 1. The molecule has 104 valence electrons. The minimum atomic E-state index is 0.461. The lowest BCUT2D eigenvalue weighted by atomic mass is 10.1. The van der Waals surface area contributed by atoms with E-state index in [0.717, 1.165) is 28.9 Å². The van der Waals surface area contributed by atoms with Gasteiger partial charge in [0.05, 0.1) is 6.54 Å². The summed E-state index contributed by atoms with van der Waals surface area (Å²) < 4.78 is 0. The lowest BCUT2D eigenvalue weighted by Gasteiger charge is -2.09. The van der Waals surface area contributed by atoms with Crippen LogP contribution >= 0.6 is 11.6 Å². The zero-order valence-electron chi connectivity index (χ0n) is 11.3. The first-order valence-electron chi connectivity index (χ1n) is 6.38. The monoisotopic (exact) mass is 288 g/mol. The van der Waals surface area contributed by atoms with Gasteiger partial charge in [0.1, 0.15) is 0 Å². The van der Waals surface area contributed by atoms with Crippen molar-refractivity contribution < 1.29 is 0 Å². The second-order valence-electron chi connectivity index (χ2n) is 4.31. The van der Waals surface area contributed by atoms with Gasteiger partial charge in [-0.15, -0.1) is 6.42 Å². The van der Waals surface area contributed by atoms with Crippen molar-refractivity contribution in [1.82, 2.24) is 15.6 Å². The molecule has 0 unspecified atom stereocenters. The second-order valence-corrected chi connectivity index (χ2v) is 4.75. The Kier molecular flexibility index (Phi) is 4.91. The van der Waals surface area contributed by atoms with Gasteiger partial charge in [-0.1, -0.05) is 17.5 Å². The zero-order chi connectivity index (χ0) is 14.4. The summed E-state index contributed by atoms with van der Waals surface area (Å²) in [5.74, 6) is 3.22. The molecule has 0 bridgehead atoms. The van der Waals surface area contributed by atoms with E-state index in [1.807, 2.05) is 24.4 Å². The second kappa shape index (κ2) is 6.88. The number of nitrogens with zero attached hydrogens (tertiary/aromatic N) is 1. The van der Waals surface area contributed by atoms with E-state index in [0.29, 0.717) is 12.5 Å². The molecular formula is C15H17ClN4. The van der Waals surface area contributed by atoms with Crippen molar-refractivity contribution in [3.05, 3.63) is 35.0 Å². The van der Waals surface area contributed by atoms with E-state index >= 15 is 0 Å². The number of nitrogens with one attached hydrogen (secondary N) is 3. The Hall–Kier alpha value is -2.12. The number of hydrogen-bond donors (Lipinski definition) is 3. The van der Waals surface area contributed by atoms with E-state index in [4.69, 9.17) is 18.0 Å². The third kappa shape index (κ3) is 3.46. The molecule has 1 aromatic heterocycles. The van der Waals surface area contributed by atoms with Crippen LogP contribution < -0.4 is 10.6 Å².